The second kappa shape index (κ2) is 5.44. The van der Waals surface area contributed by atoms with Gasteiger partial charge >= 0.3 is 5.97 Å². The maximum absolute atomic E-state index is 12.1. The van der Waals surface area contributed by atoms with Gasteiger partial charge in [0, 0.05) is 0 Å². The average molecular weight is 299 g/mol. The fourth-order valence-corrected chi connectivity index (χ4v) is 3.83. The second-order valence-electron chi connectivity index (χ2n) is 6.23. The first-order chi connectivity index (χ1) is 8.91. The topological polar surface area (TPSA) is 83.5 Å². The second-order valence-corrected chi connectivity index (χ2v) is 7.95. The van der Waals surface area contributed by atoms with Crippen LogP contribution >= 0.6 is 0 Å². The zero-order valence-corrected chi connectivity index (χ0v) is 13.3. The molecule has 0 saturated carbocycles. The van der Waals surface area contributed by atoms with Gasteiger partial charge in [-0.05, 0) is 36.5 Å². The number of hydrogen-bond acceptors (Lipinski definition) is 3. The lowest BCUT2D eigenvalue weighted by Crippen LogP contribution is -2.27. The Morgan fingerprint density at radius 3 is 2.25 bits per heavy atom. The SMILES string of the molecule is Cc1cc(C)c(NS(=O)(=O)CC(C)(C)C)c(C(=O)O)c1. The standard InChI is InChI=1S/C14H21NO4S/c1-9-6-10(2)12(11(7-9)13(16)17)15-20(18,19)8-14(3,4)5/h6-7,15H,8H2,1-5H3,(H,16,17). The van der Waals surface area contributed by atoms with Gasteiger partial charge in [0.05, 0.1) is 17.0 Å². The van der Waals surface area contributed by atoms with Gasteiger partial charge < -0.3 is 5.11 Å². The van der Waals surface area contributed by atoms with Crippen molar-refractivity contribution in [1.29, 1.82) is 0 Å². The van der Waals surface area contributed by atoms with Crippen LogP contribution in [0.25, 0.3) is 0 Å². The Bertz CT molecular complexity index is 627. The van der Waals surface area contributed by atoms with Crippen LogP contribution in [0, 0.1) is 19.3 Å². The molecule has 1 aromatic rings. The Morgan fingerprint density at radius 2 is 1.80 bits per heavy atom. The minimum absolute atomic E-state index is 0.0278. The number of rotatable bonds is 4. The van der Waals surface area contributed by atoms with E-state index in [0.717, 1.165) is 5.56 Å². The van der Waals surface area contributed by atoms with Crippen molar-refractivity contribution in [2.45, 2.75) is 34.6 Å². The van der Waals surface area contributed by atoms with Crippen LogP contribution in [0.15, 0.2) is 12.1 Å². The highest BCUT2D eigenvalue weighted by Gasteiger charge is 2.24. The lowest BCUT2D eigenvalue weighted by molar-refractivity contribution is 0.0698. The van der Waals surface area contributed by atoms with Crippen molar-refractivity contribution in [2.24, 2.45) is 5.41 Å². The van der Waals surface area contributed by atoms with Crippen LogP contribution in [-0.2, 0) is 10.0 Å². The smallest absolute Gasteiger partial charge is 0.337 e. The normalized spacial score (nSPS) is 12.2. The Hall–Kier alpha value is -1.56. The average Bonchev–Trinajstić information content (AvgIpc) is 2.17. The van der Waals surface area contributed by atoms with Gasteiger partial charge in [0.25, 0.3) is 0 Å². The first kappa shape index (κ1) is 16.5. The van der Waals surface area contributed by atoms with Gasteiger partial charge in [-0.25, -0.2) is 13.2 Å². The monoisotopic (exact) mass is 299 g/mol. The van der Waals surface area contributed by atoms with E-state index in [2.05, 4.69) is 4.72 Å². The number of carboxylic acids is 1. The van der Waals surface area contributed by atoms with Crippen LogP contribution < -0.4 is 4.72 Å². The third-order valence-corrected chi connectivity index (χ3v) is 4.35. The molecule has 0 aliphatic carbocycles. The molecule has 20 heavy (non-hydrogen) atoms. The first-order valence-corrected chi connectivity index (χ1v) is 7.91. The quantitative estimate of drug-likeness (QED) is 0.895. The molecule has 0 aliphatic heterocycles. The minimum Gasteiger partial charge on any atom is -0.478 e. The summed E-state index contributed by atoms with van der Waals surface area (Å²) >= 11 is 0. The number of hydrogen-bond donors (Lipinski definition) is 2. The molecule has 0 spiro atoms. The fraction of sp³-hybridized carbons (Fsp3) is 0.500. The number of aromatic carboxylic acids is 1. The molecule has 0 fully saturated rings. The van der Waals surface area contributed by atoms with Crippen molar-refractivity contribution in [3.63, 3.8) is 0 Å². The van der Waals surface area contributed by atoms with E-state index in [4.69, 9.17) is 0 Å². The molecular formula is C14H21NO4S. The van der Waals surface area contributed by atoms with Gasteiger partial charge in [0.15, 0.2) is 0 Å². The zero-order chi connectivity index (χ0) is 15.7. The van der Waals surface area contributed by atoms with Gasteiger partial charge in [-0.1, -0.05) is 26.8 Å². The Balaban J connectivity index is 3.25. The molecule has 6 heteroatoms. The molecule has 1 rings (SSSR count). The van der Waals surface area contributed by atoms with E-state index < -0.39 is 21.4 Å². The van der Waals surface area contributed by atoms with Gasteiger partial charge in [-0.3, -0.25) is 4.72 Å². The number of carbonyl (C=O) groups is 1. The van der Waals surface area contributed by atoms with Crippen molar-refractivity contribution in [3.05, 3.63) is 28.8 Å². The molecule has 112 valence electrons. The Kier molecular flexibility index (Phi) is 4.49. The highest BCUT2D eigenvalue weighted by atomic mass is 32.2. The molecule has 0 radical (unpaired) electrons. The summed E-state index contributed by atoms with van der Waals surface area (Å²) in [6.07, 6.45) is 0. The number of benzene rings is 1. The molecule has 0 aromatic heterocycles. The van der Waals surface area contributed by atoms with E-state index in [-0.39, 0.29) is 17.0 Å². The van der Waals surface area contributed by atoms with E-state index in [0.29, 0.717) is 5.56 Å². The molecule has 0 unspecified atom stereocenters. The number of aryl methyl sites for hydroxylation is 2. The van der Waals surface area contributed by atoms with Gasteiger partial charge in [-0.15, -0.1) is 0 Å². The molecular weight excluding hydrogens is 278 g/mol. The lowest BCUT2D eigenvalue weighted by Gasteiger charge is -2.20. The van der Waals surface area contributed by atoms with Crippen LogP contribution in [0.4, 0.5) is 5.69 Å². The number of carboxylic acid groups (broad SMARTS) is 1. The van der Waals surface area contributed by atoms with Crippen molar-refractivity contribution < 1.29 is 18.3 Å². The van der Waals surface area contributed by atoms with Crippen LogP contribution in [0.3, 0.4) is 0 Å². The molecule has 0 aliphatic rings. The third kappa shape index (κ3) is 4.52. The summed E-state index contributed by atoms with van der Waals surface area (Å²) in [4.78, 5) is 11.3. The number of nitrogens with one attached hydrogen (secondary N) is 1. The van der Waals surface area contributed by atoms with E-state index in [1.54, 1.807) is 19.9 Å². The maximum Gasteiger partial charge on any atom is 0.337 e. The van der Waals surface area contributed by atoms with E-state index in [1.807, 2.05) is 20.8 Å². The molecule has 2 N–H and O–H groups in total. The number of anilines is 1. The Morgan fingerprint density at radius 1 is 1.25 bits per heavy atom. The summed E-state index contributed by atoms with van der Waals surface area (Å²) in [6.45, 7) is 8.90. The van der Waals surface area contributed by atoms with Crippen LogP contribution in [0.5, 0.6) is 0 Å². The van der Waals surface area contributed by atoms with Crippen molar-refractivity contribution >= 4 is 21.7 Å². The highest BCUT2D eigenvalue weighted by Crippen LogP contribution is 2.26. The molecule has 0 atom stereocenters. The van der Waals surface area contributed by atoms with Crippen molar-refractivity contribution in [2.75, 3.05) is 10.5 Å². The zero-order valence-electron chi connectivity index (χ0n) is 12.4. The summed E-state index contributed by atoms with van der Waals surface area (Å²) in [5, 5.41) is 9.21. The molecule has 5 nitrogen and oxygen atoms in total. The van der Waals surface area contributed by atoms with E-state index >= 15 is 0 Å². The van der Waals surface area contributed by atoms with E-state index in [1.165, 1.54) is 6.07 Å². The Labute approximate surface area is 120 Å². The van der Waals surface area contributed by atoms with E-state index in [9.17, 15) is 18.3 Å². The molecule has 1 aromatic carbocycles. The summed E-state index contributed by atoms with van der Waals surface area (Å²) in [5.41, 5.74) is 1.08. The first-order valence-electron chi connectivity index (χ1n) is 6.26. The highest BCUT2D eigenvalue weighted by molar-refractivity contribution is 7.92. The van der Waals surface area contributed by atoms with Gasteiger partial charge in [0.2, 0.25) is 10.0 Å². The molecule has 0 bridgehead atoms. The molecule has 0 amide bonds. The van der Waals surface area contributed by atoms with Crippen molar-refractivity contribution in [3.8, 4) is 0 Å². The largest absolute Gasteiger partial charge is 0.478 e. The number of sulfonamides is 1. The van der Waals surface area contributed by atoms with Crippen LogP contribution in [-0.4, -0.2) is 25.2 Å². The van der Waals surface area contributed by atoms with Crippen LogP contribution in [0.2, 0.25) is 0 Å². The summed E-state index contributed by atoms with van der Waals surface area (Å²) in [7, 11) is -3.60. The third-order valence-electron chi connectivity index (χ3n) is 2.59. The predicted molar refractivity (Wildman–Crippen MR) is 79.7 cm³/mol. The molecule has 0 saturated heterocycles. The van der Waals surface area contributed by atoms with Crippen LogP contribution in [0.1, 0.15) is 42.3 Å². The summed E-state index contributed by atoms with van der Waals surface area (Å²) in [6, 6.07) is 3.21. The predicted octanol–water partition coefficient (Wildman–Crippen LogP) is 2.79. The molecule has 0 heterocycles. The van der Waals surface area contributed by atoms with Gasteiger partial charge in [-0.2, -0.15) is 0 Å². The minimum atomic E-state index is -3.60. The van der Waals surface area contributed by atoms with Gasteiger partial charge in [0.1, 0.15) is 0 Å². The maximum atomic E-state index is 12.1. The summed E-state index contributed by atoms with van der Waals surface area (Å²) in [5.74, 6) is -1.22. The fourth-order valence-electron chi connectivity index (χ4n) is 2.03. The lowest BCUT2D eigenvalue weighted by atomic mass is 10.0. The summed E-state index contributed by atoms with van der Waals surface area (Å²) < 4.78 is 26.7. The van der Waals surface area contributed by atoms with Crippen molar-refractivity contribution in [1.82, 2.24) is 0 Å².